The number of hydrogen-bond acceptors (Lipinski definition) is 3. The van der Waals surface area contributed by atoms with Gasteiger partial charge in [0.2, 0.25) is 0 Å². The first kappa shape index (κ1) is 21.5. The average molecular weight is 377 g/mol. The molecule has 3 amide bonds. The van der Waals surface area contributed by atoms with Gasteiger partial charge in [0.05, 0.1) is 0 Å². The molecule has 0 radical (unpaired) electrons. The Bertz CT molecular complexity index is 750. The fourth-order valence-electron chi connectivity index (χ4n) is 2.22. The van der Waals surface area contributed by atoms with Gasteiger partial charge in [0.1, 0.15) is 0 Å². The molecule has 0 saturated heterocycles. The van der Waals surface area contributed by atoms with E-state index in [0.29, 0.717) is 17.8 Å². The maximum absolute atomic E-state index is 12.6. The van der Waals surface area contributed by atoms with Gasteiger partial charge in [0, 0.05) is 37.6 Å². The summed E-state index contributed by atoms with van der Waals surface area (Å²) in [6.45, 7) is 3.58. The zero-order valence-corrected chi connectivity index (χ0v) is 16.0. The topological polar surface area (TPSA) is 73.5 Å². The van der Waals surface area contributed by atoms with E-state index >= 15 is 0 Å². The summed E-state index contributed by atoms with van der Waals surface area (Å²) in [5, 5.41) is 8.93. The highest BCUT2D eigenvalue weighted by atomic mass is 35.5. The van der Waals surface area contributed by atoms with Gasteiger partial charge in [-0.2, -0.15) is 0 Å². The second kappa shape index (κ2) is 10.4. The number of amides is 3. The van der Waals surface area contributed by atoms with Crippen LogP contribution < -0.4 is 16.0 Å². The lowest BCUT2D eigenvalue weighted by atomic mass is 10.1. The average Bonchev–Trinajstić information content (AvgIpc) is 2.61. The predicted octanol–water partition coefficient (Wildman–Crippen LogP) is 3.56. The van der Waals surface area contributed by atoms with Crippen LogP contribution in [-0.4, -0.2) is 37.5 Å². The Kier molecular flexibility index (Phi) is 8.61. The summed E-state index contributed by atoms with van der Waals surface area (Å²) >= 11 is 0. The van der Waals surface area contributed by atoms with Crippen LogP contribution in [0, 0.1) is 0 Å². The number of rotatable bonds is 6. The Labute approximate surface area is 160 Å². The standard InChI is InChI=1S/C19H24N4O2.ClH/c1-4-20-13-15-8-5-6-11-17(15)22-18(24)14-9-7-10-16(12-14)21-19(25)23(2)3;/h5-12,20H,4,13H2,1-3H3,(H,21,25)(H,22,24);1H. The molecule has 0 heterocycles. The highest BCUT2D eigenvalue weighted by Gasteiger charge is 2.11. The van der Waals surface area contributed by atoms with Crippen LogP contribution in [0.25, 0.3) is 0 Å². The van der Waals surface area contributed by atoms with Crippen LogP contribution in [0.3, 0.4) is 0 Å². The third kappa shape index (κ3) is 6.06. The fourth-order valence-corrected chi connectivity index (χ4v) is 2.22. The third-order valence-electron chi connectivity index (χ3n) is 3.61. The normalized spacial score (nSPS) is 9.81. The molecule has 26 heavy (non-hydrogen) atoms. The maximum Gasteiger partial charge on any atom is 0.321 e. The fraction of sp³-hybridized carbons (Fsp3) is 0.263. The number of hydrogen-bond donors (Lipinski definition) is 3. The molecule has 7 heteroatoms. The smallest absolute Gasteiger partial charge is 0.321 e. The molecule has 0 saturated carbocycles. The first-order chi connectivity index (χ1) is 12.0. The first-order valence-corrected chi connectivity index (χ1v) is 8.19. The zero-order chi connectivity index (χ0) is 18.2. The quantitative estimate of drug-likeness (QED) is 0.721. The maximum atomic E-state index is 12.6. The molecule has 0 spiro atoms. The number of para-hydroxylation sites is 1. The van der Waals surface area contributed by atoms with Crippen molar-refractivity contribution in [3.63, 3.8) is 0 Å². The molecule has 0 aromatic heterocycles. The second-order valence-corrected chi connectivity index (χ2v) is 5.80. The summed E-state index contributed by atoms with van der Waals surface area (Å²) in [6.07, 6.45) is 0. The van der Waals surface area contributed by atoms with Crippen molar-refractivity contribution in [2.45, 2.75) is 13.5 Å². The van der Waals surface area contributed by atoms with Gasteiger partial charge in [0.25, 0.3) is 5.91 Å². The minimum Gasteiger partial charge on any atom is -0.331 e. The van der Waals surface area contributed by atoms with Crippen molar-refractivity contribution in [1.29, 1.82) is 0 Å². The van der Waals surface area contributed by atoms with E-state index in [4.69, 9.17) is 0 Å². The van der Waals surface area contributed by atoms with Gasteiger partial charge in [-0.3, -0.25) is 4.79 Å². The Morgan fingerprint density at radius 3 is 2.42 bits per heavy atom. The number of carbonyl (C=O) groups is 2. The lowest BCUT2D eigenvalue weighted by molar-refractivity contribution is 0.102. The van der Waals surface area contributed by atoms with Gasteiger partial charge >= 0.3 is 6.03 Å². The number of halogens is 1. The van der Waals surface area contributed by atoms with E-state index in [-0.39, 0.29) is 24.3 Å². The van der Waals surface area contributed by atoms with E-state index in [1.54, 1.807) is 38.4 Å². The molecule has 0 aliphatic rings. The number of benzene rings is 2. The highest BCUT2D eigenvalue weighted by molar-refractivity contribution is 6.05. The van der Waals surface area contributed by atoms with Crippen LogP contribution in [0.15, 0.2) is 48.5 Å². The summed E-state index contributed by atoms with van der Waals surface area (Å²) in [4.78, 5) is 25.7. The molecule has 2 aromatic rings. The molecule has 0 fully saturated rings. The summed E-state index contributed by atoms with van der Waals surface area (Å²) < 4.78 is 0. The SMILES string of the molecule is CCNCc1ccccc1NC(=O)c1cccc(NC(=O)N(C)C)c1.Cl. The number of carbonyl (C=O) groups excluding carboxylic acids is 2. The Morgan fingerprint density at radius 1 is 1.00 bits per heavy atom. The second-order valence-electron chi connectivity index (χ2n) is 5.80. The van der Waals surface area contributed by atoms with Gasteiger partial charge in [-0.25, -0.2) is 4.79 Å². The number of nitrogens with one attached hydrogen (secondary N) is 3. The van der Waals surface area contributed by atoms with Crippen LogP contribution >= 0.6 is 12.4 Å². The van der Waals surface area contributed by atoms with Crippen molar-refractivity contribution < 1.29 is 9.59 Å². The third-order valence-corrected chi connectivity index (χ3v) is 3.61. The van der Waals surface area contributed by atoms with Gasteiger partial charge in [0.15, 0.2) is 0 Å². The Balaban J connectivity index is 0.00000338. The van der Waals surface area contributed by atoms with E-state index in [9.17, 15) is 9.59 Å². The number of anilines is 2. The predicted molar refractivity (Wildman–Crippen MR) is 108 cm³/mol. The monoisotopic (exact) mass is 376 g/mol. The van der Waals surface area contributed by atoms with Gasteiger partial charge in [-0.05, 0) is 36.4 Å². The molecule has 2 rings (SSSR count). The molecule has 3 N–H and O–H groups in total. The molecular weight excluding hydrogens is 352 g/mol. The summed E-state index contributed by atoms with van der Waals surface area (Å²) in [5.74, 6) is -0.218. The molecule has 0 aliphatic heterocycles. The lowest BCUT2D eigenvalue weighted by Gasteiger charge is -2.14. The van der Waals surface area contributed by atoms with Crippen LogP contribution in [0.5, 0.6) is 0 Å². The van der Waals surface area contributed by atoms with E-state index in [2.05, 4.69) is 16.0 Å². The van der Waals surface area contributed by atoms with E-state index in [0.717, 1.165) is 17.8 Å². The van der Waals surface area contributed by atoms with Gasteiger partial charge in [-0.15, -0.1) is 12.4 Å². The Morgan fingerprint density at radius 2 is 1.73 bits per heavy atom. The van der Waals surface area contributed by atoms with Crippen molar-refractivity contribution in [1.82, 2.24) is 10.2 Å². The van der Waals surface area contributed by atoms with Crippen molar-refractivity contribution in [3.05, 3.63) is 59.7 Å². The lowest BCUT2D eigenvalue weighted by Crippen LogP contribution is -2.27. The van der Waals surface area contributed by atoms with E-state index < -0.39 is 0 Å². The van der Waals surface area contributed by atoms with Crippen LogP contribution in [0.4, 0.5) is 16.2 Å². The molecule has 2 aromatic carbocycles. The largest absolute Gasteiger partial charge is 0.331 e. The Hall–Kier alpha value is -2.57. The summed E-state index contributed by atoms with van der Waals surface area (Å²) in [5.41, 5.74) is 2.85. The summed E-state index contributed by atoms with van der Waals surface area (Å²) in [6, 6.07) is 14.3. The number of urea groups is 1. The summed E-state index contributed by atoms with van der Waals surface area (Å²) in [7, 11) is 3.32. The molecule has 0 atom stereocenters. The van der Waals surface area contributed by atoms with Crippen molar-refractivity contribution >= 4 is 35.7 Å². The molecule has 6 nitrogen and oxygen atoms in total. The van der Waals surface area contributed by atoms with Crippen LogP contribution in [0.1, 0.15) is 22.8 Å². The zero-order valence-electron chi connectivity index (χ0n) is 15.2. The van der Waals surface area contributed by atoms with Crippen LogP contribution in [-0.2, 0) is 6.54 Å². The van der Waals surface area contributed by atoms with E-state index in [1.165, 1.54) is 4.90 Å². The van der Waals surface area contributed by atoms with Crippen LogP contribution in [0.2, 0.25) is 0 Å². The van der Waals surface area contributed by atoms with E-state index in [1.807, 2.05) is 31.2 Å². The van der Waals surface area contributed by atoms with Crippen molar-refractivity contribution in [2.24, 2.45) is 0 Å². The molecule has 0 unspecified atom stereocenters. The molecular formula is C19H25ClN4O2. The minimum atomic E-state index is -0.242. The van der Waals surface area contributed by atoms with Crippen molar-refractivity contribution in [2.75, 3.05) is 31.3 Å². The van der Waals surface area contributed by atoms with Gasteiger partial charge < -0.3 is 20.9 Å². The first-order valence-electron chi connectivity index (χ1n) is 8.19. The minimum absolute atomic E-state index is 0. The molecule has 140 valence electrons. The highest BCUT2D eigenvalue weighted by Crippen LogP contribution is 2.17. The molecule has 0 aliphatic carbocycles. The van der Waals surface area contributed by atoms with Crippen molar-refractivity contribution in [3.8, 4) is 0 Å². The molecule has 0 bridgehead atoms. The number of nitrogens with zero attached hydrogens (tertiary/aromatic N) is 1. The van der Waals surface area contributed by atoms with Gasteiger partial charge in [-0.1, -0.05) is 31.2 Å².